The zero-order valence-corrected chi connectivity index (χ0v) is 17.3. The van der Waals surface area contributed by atoms with Crippen molar-refractivity contribution < 1.29 is 4.58 Å². The molecule has 0 aromatic carbocycles. The van der Waals surface area contributed by atoms with E-state index in [9.17, 15) is 0 Å². The maximum absolute atomic E-state index is 2.90. The van der Waals surface area contributed by atoms with E-state index in [1.165, 1.54) is 109 Å². The van der Waals surface area contributed by atoms with Crippen LogP contribution in [0.1, 0.15) is 117 Å². The first-order valence-corrected chi connectivity index (χ1v) is 11.9. The van der Waals surface area contributed by atoms with Crippen molar-refractivity contribution in [3.8, 4) is 0 Å². The van der Waals surface area contributed by atoms with E-state index < -0.39 is 0 Å². The van der Waals surface area contributed by atoms with Gasteiger partial charge in [0.05, 0.1) is 0 Å². The molecule has 3 rings (SSSR count). The first-order valence-electron chi connectivity index (χ1n) is 11.9. The second-order valence-corrected chi connectivity index (χ2v) is 9.39. The summed E-state index contributed by atoms with van der Waals surface area (Å²) in [5.41, 5.74) is 1.79. The van der Waals surface area contributed by atoms with Crippen LogP contribution in [0.4, 0.5) is 0 Å². The molecule has 0 aromatic rings. The molecular formula is C24H44N+. The Morgan fingerprint density at radius 3 is 2.04 bits per heavy atom. The van der Waals surface area contributed by atoms with Gasteiger partial charge in [0, 0.05) is 31.6 Å². The van der Waals surface area contributed by atoms with Gasteiger partial charge >= 0.3 is 0 Å². The second-order valence-electron chi connectivity index (χ2n) is 9.39. The highest BCUT2D eigenvalue weighted by Crippen LogP contribution is 2.48. The molecule has 3 aliphatic rings. The first kappa shape index (κ1) is 19.4. The van der Waals surface area contributed by atoms with E-state index in [1.807, 2.05) is 0 Å². The van der Waals surface area contributed by atoms with E-state index in [1.54, 1.807) is 5.71 Å². The Kier molecular flexibility index (Phi) is 7.87. The van der Waals surface area contributed by atoms with Gasteiger partial charge in [0.1, 0.15) is 6.54 Å². The molecule has 1 aliphatic heterocycles. The first-order chi connectivity index (χ1) is 12.3. The third kappa shape index (κ3) is 4.89. The fourth-order valence-corrected chi connectivity index (χ4v) is 6.45. The van der Waals surface area contributed by atoms with Gasteiger partial charge in [-0.2, -0.15) is 0 Å². The molecule has 0 radical (unpaired) electrons. The topological polar surface area (TPSA) is 3.01 Å². The molecule has 1 heterocycles. The molecule has 2 aliphatic carbocycles. The second kappa shape index (κ2) is 10.1. The van der Waals surface area contributed by atoms with Crippen molar-refractivity contribution in [2.45, 2.75) is 123 Å². The van der Waals surface area contributed by atoms with Crippen LogP contribution in [0.15, 0.2) is 0 Å². The average Bonchev–Trinajstić information content (AvgIpc) is 2.91. The Balaban J connectivity index is 1.33. The van der Waals surface area contributed by atoms with Gasteiger partial charge in [-0.1, -0.05) is 64.7 Å². The average molecular weight is 347 g/mol. The van der Waals surface area contributed by atoms with Gasteiger partial charge in [-0.3, -0.25) is 0 Å². The van der Waals surface area contributed by atoms with E-state index in [-0.39, 0.29) is 0 Å². The minimum absolute atomic E-state index is 0.933. The number of hydrogen-bond acceptors (Lipinski definition) is 0. The summed E-state index contributed by atoms with van der Waals surface area (Å²) in [6, 6.07) is 0.933. The largest absolute Gasteiger partial charge is 0.234 e. The summed E-state index contributed by atoms with van der Waals surface area (Å²) in [6.45, 7) is 6.16. The zero-order valence-electron chi connectivity index (χ0n) is 17.3. The van der Waals surface area contributed by atoms with Crippen LogP contribution in [-0.2, 0) is 0 Å². The fraction of sp³-hybridized carbons (Fsp3) is 0.958. The molecule has 1 heteroatoms. The van der Waals surface area contributed by atoms with Crippen molar-refractivity contribution in [2.24, 2.45) is 17.8 Å². The molecule has 1 nitrogen and oxygen atoms in total. The van der Waals surface area contributed by atoms with Crippen molar-refractivity contribution in [1.29, 1.82) is 0 Å². The van der Waals surface area contributed by atoms with Crippen molar-refractivity contribution >= 4 is 5.71 Å². The maximum Gasteiger partial charge on any atom is 0.156 e. The summed E-state index contributed by atoms with van der Waals surface area (Å²) in [5, 5.41) is 0. The molecular weight excluding hydrogens is 302 g/mol. The smallest absolute Gasteiger partial charge is 0.156 e. The van der Waals surface area contributed by atoms with Crippen LogP contribution < -0.4 is 0 Å². The Morgan fingerprint density at radius 2 is 1.36 bits per heavy atom. The van der Waals surface area contributed by atoms with E-state index in [4.69, 9.17) is 0 Å². The van der Waals surface area contributed by atoms with Gasteiger partial charge in [-0.05, 0) is 38.0 Å². The molecule has 0 saturated heterocycles. The minimum atomic E-state index is 0.933. The van der Waals surface area contributed by atoms with E-state index in [0.29, 0.717) is 0 Å². The number of rotatable bonds is 11. The SMILES string of the molecule is CCCCCCCCCCCC[N+]1=C(C)C2CCCC3CCCC1C32. The standard InChI is InChI=1S/C24H44N/c1-3-4-5-6-7-8-9-10-11-12-19-25-20(2)22-17-13-15-21-16-14-18-23(25)24(21)22/h21-24H,3-19H2,1-2H3/q+1. The van der Waals surface area contributed by atoms with E-state index >= 15 is 0 Å². The minimum Gasteiger partial charge on any atom is -0.234 e. The Labute approximate surface area is 157 Å². The van der Waals surface area contributed by atoms with Gasteiger partial charge in [-0.25, -0.2) is 4.58 Å². The molecule has 2 fully saturated rings. The van der Waals surface area contributed by atoms with Gasteiger partial charge in [-0.15, -0.1) is 0 Å². The summed E-state index contributed by atoms with van der Waals surface area (Å²) in [5.74, 6) is 3.09. The van der Waals surface area contributed by atoms with E-state index in [0.717, 1.165) is 23.8 Å². The van der Waals surface area contributed by atoms with Crippen molar-refractivity contribution in [3.05, 3.63) is 0 Å². The molecule has 0 amide bonds. The third-order valence-corrected chi connectivity index (χ3v) is 7.76. The number of nitrogens with zero attached hydrogens (tertiary/aromatic N) is 1. The van der Waals surface area contributed by atoms with Crippen LogP contribution in [0.25, 0.3) is 0 Å². The molecule has 25 heavy (non-hydrogen) atoms. The van der Waals surface area contributed by atoms with Crippen LogP contribution in [0, 0.1) is 17.8 Å². The normalized spacial score (nSPS) is 31.4. The van der Waals surface area contributed by atoms with Crippen LogP contribution in [0.2, 0.25) is 0 Å². The monoisotopic (exact) mass is 346 g/mol. The summed E-state index contributed by atoms with van der Waals surface area (Å²) in [6.07, 6.45) is 23.6. The highest BCUT2D eigenvalue weighted by Gasteiger charge is 2.53. The highest BCUT2D eigenvalue weighted by atomic mass is 15.1. The van der Waals surface area contributed by atoms with Crippen molar-refractivity contribution in [3.63, 3.8) is 0 Å². The Bertz CT molecular complexity index is 422. The zero-order chi connectivity index (χ0) is 17.5. The molecule has 0 bridgehead atoms. The predicted molar refractivity (Wildman–Crippen MR) is 110 cm³/mol. The van der Waals surface area contributed by atoms with Gasteiger partial charge in [0.25, 0.3) is 0 Å². The summed E-state index contributed by atoms with van der Waals surface area (Å²) >= 11 is 0. The quantitative estimate of drug-likeness (QED) is 0.280. The summed E-state index contributed by atoms with van der Waals surface area (Å²) in [7, 11) is 0. The van der Waals surface area contributed by atoms with Crippen LogP contribution >= 0.6 is 0 Å². The van der Waals surface area contributed by atoms with Gasteiger partial charge in [0.15, 0.2) is 11.8 Å². The molecule has 0 aromatic heterocycles. The van der Waals surface area contributed by atoms with Crippen molar-refractivity contribution in [2.75, 3.05) is 6.54 Å². The lowest BCUT2D eigenvalue weighted by Gasteiger charge is -2.37. The molecule has 0 spiro atoms. The number of unbranched alkanes of at least 4 members (excludes halogenated alkanes) is 9. The molecule has 144 valence electrons. The van der Waals surface area contributed by atoms with Gasteiger partial charge < -0.3 is 0 Å². The maximum atomic E-state index is 2.90. The summed E-state index contributed by atoms with van der Waals surface area (Å²) < 4.78 is 2.90. The van der Waals surface area contributed by atoms with E-state index in [2.05, 4.69) is 18.4 Å². The lowest BCUT2D eigenvalue weighted by Crippen LogP contribution is -2.40. The Morgan fingerprint density at radius 1 is 0.760 bits per heavy atom. The van der Waals surface area contributed by atoms with Crippen LogP contribution in [0.3, 0.4) is 0 Å². The Hall–Kier alpha value is -0.330. The van der Waals surface area contributed by atoms with Crippen LogP contribution in [-0.4, -0.2) is 22.9 Å². The summed E-state index contributed by atoms with van der Waals surface area (Å²) in [4.78, 5) is 0. The predicted octanol–water partition coefficient (Wildman–Crippen LogP) is 6.98. The molecule has 2 saturated carbocycles. The lowest BCUT2D eigenvalue weighted by molar-refractivity contribution is -0.569. The number of hydrogen-bond donors (Lipinski definition) is 0. The molecule has 4 atom stereocenters. The fourth-order valence-electron chi connectivity index (χ4n) is 6.45. The lowest BCUT2D eigenvalue weighted by atomic mass is 9.64. The van der Waals surface area contributed by atoms with Gasteiger partial charge in [0.2, 0.25) is 0 Å². The van der Waals surface area contributed by atoms with Crippen LogP contribution in [0.5, 0.6) is 0 Å². The molecule has 4 unspecified atom stereocenters. The third-order valence-electron chi connectivity index (χ3n) is 7.76. The van der Waals surface area contributed by atoms with Crippen molar-refractivity contribution in [1.82, 2.24) is 0 Å². The highest BCUT2D eigenvalue weighted by molar-refractivity contribution is 5.81. The molecule has 0 N–H and O–H groups in total.